The SMILES string of the molecule is CC(C)c1cccc(C(C)C)c1-n1c(-c2[c-]sc3ccc(CC(C)(C)C)cc23)nc2ccccc21.[2H]C([2H])([2H])c1c[c-]c(-c2ccc(C([2H])([2H])[2H])cn2)cc1.[Ir]. The van der Waals surface area contributed by atoms with Crippen molar-refractivity contribution < 1.29 is 28.3 Å². The zero-order valence-corrected chi connectivity index (χ0v) is 32.9. The number of nitrogens with zero attached hydrogens (tertiary/aromatic N) is 3. The Hall–Kier alpha value is -3.89. The molecule has 0 unspecified atom stereocenters. The molecule has 0 saturated heterocycles. The first-order chi connectivity index (χ1) is 25.8. The van der Waals surface area contributed by atoms with Gasteiger partial charge in [-0.3, -0.25) is 16.3 Å². The molecular formula is C45H47IrN3S-2. The summed E-state index contributed by atoms with van der Waals surface area (Å²) in [6, 6.07) is 32.6. The predicted molar refractivity (Wildman–Crippen MR) is 210 cm³/mol. The molecule has 3 aromatic heterocycles. The van der Waals surface area contributed by atoms with Crippen LogP contribution in [0.4, 0.5) is 0 Å². The number of fused-ring (bicyclic) bond motifs is 2. The van der Waals surface area contributed by atoms with E-state index in [-0.39, 0.29) is 36.6 Å². The summed E-state index contributed by atoms with van der Waals surface area (Å²) in [5.74, 6) is 1.79. The number of imidazole rings is 1. The van der Waals surface area contributed by atoms with Gasteiger partial charge < -0.3 is 9.55 Å². The number of rotatable bonds is 6. The molecule has 4 aromatic carbocycles. The molecule has 50 heavy (non-hydrogen) atoms. The van der Waals surface area contributed by atoms with Crippen molar-refractivity contribution >= 4 is 32.5 Å². The van der Waals surface area contributed by atoms with Gasteiger partial charge in [0, 0.05) is 40.2 Å². The van der Waals surface area contributed by atoms with Crippen LogP contribution in [0, 0.1) is 30.6 Å². The molecule has 0 N–H and O–H groups in total. The predicted octanol–water partition coefficient (Wildman–Crippen LogP) is 12.7. The van der Waals surface area contributed by atoms with Crippen molar-refractivity contribution in [1.29, 1.82) is 0 Å². The average molecular weight is 860 g/mol. The number of aromatic nitrogens is 3. The van der Waals surface area contributed by atoms with Crippen LogP contribution in [0.25, 0.3) is 49.5 Å². The minimum Gasteiger partial charge on any atom is -0.333 e. The number of aryl methyl sites for hydroxylation is 2. The van der Waals surface area contributed by atoms with Crippen LogP contribution in [-0.4, -0.2) is 14.5 Å². The van der Waals surface area contributed by atoms with E-state index in [1.165, 1.54) is 56.9 Å². The molecule has 3 heterocycles. The van der Waals surface area contributed by atoms with Crippen molar-refractivity contribution in [1.82, 2.24) is 14.5 Å². The molecule has 0 atom stereocenters. The molecule has 3 nitrogen and oxygen atoms in total. The van der Waals surface area contributed by atoms with E-state index in [1.807, 2.05) is 0 Å². The minimum atomic E-state index is -2.18. The maximum Gasteiger partial charge on any atom is 0.0774 e. The van der Waals surface area contributed by atoms with E-state index in [1.54, 1.807) is 23.5 Å². The molecule has 0 spiro atoms. The first-order valence-corrected chi connectivity index (χ1v) is 17.7. The summed E-state index contributed by atoms with van der Waals surface area (Å²) in [7, 11) is 0. The minimum absolute atomic E-state index is 0. The van der Waals surface area contributed by atoms with Gasteiger partial charge in [0.05, 0.1) is 16.9 Å². The van der Waals surface area contributed by atoms with Gasteiger partial charge >= 0.3 is 0 Å². The van der Waals surface area contributed by atoms with E-state index in [0.29, 0.717) is 23.1 Å². The Kier molecular flexibility index (Phi) is 9.27. The summed E-state index contributed by atoms with van der Waals surface area (Å²) in [5.41, 5.74) is 10.4. The molecule has 0 fully saturated rings. The summed E-state index contributed by atoms with van der Waals surface area (Å²) < 4.78 is 47.3. The second kappa shape index (κ2) is 15.6. The molecule has 0 bridgehead atoms. The molecule has 0 amide bonds. The third-order valence-corrected chi connectivity index (χ3v) is 9.40. The second-order valence-electron chi connectivity index (χ2n) is 14.4. The summed E-state index contributed by atoms with van der Waals surface area (Å²) in [6.07, 6.45) is 2.34. The number of para-hydroxylation sites is 3. The third-order valence-electron chi connectivity index (χ3n) is 8.51. The maximum absolute atomic E-state index is 7.28. The standard InChI is InChI=1S/C32H35N2S.C13H12N.Ir/c1-20(2)23-11-10-12-24(21(3)4)30(23)34-28-14-9-8-13-27(28)33-31(34)26-19-35-29-16-15-22(17-25(26)29)18-32(5,6)7;1-10-3-6-12(7-4-10)13-8-5-11(2)9-14-13;/h8-17,20-21H,18H2,1-7H3;3-6,8-9H,1-2H3;/q2*-1;/i;1D3,2D3;. The summed E-state index contributed by atoms with van der Waals surface area (Å²) in [4.78, 5) is 9.30. The van der Waals surface area contributed by atoms with Gasteiger partial charge in [-0.25, -0.2) is 0 Å². The smallest absolute Gasteiger partial charge is 0.0774 e. The summed E-state index contributed by atoms with van der Waals surface area (Å²) >= 11 is 1.69. The van der Waals surface area contributed by atoms with Crippen LogP contribution in [0.2, 0.25) is 0 Å². The molecule has 7 rings (SSSR count). The van der Waals surface area contributed by atoms with Crippen molar-refractivity contribution in [3.05, 3.63) is 136 Å². The van der Waals surface area contributed by atoms with Crippen LogP contribution >= 0.6 is 11.3 Å². The first kappa shape index (κ1) is 29.8. The quantitative estimate of drug-likeness (QED) is 0.156. The largest absolute Gasteiger partial charge is 0.333 e. The van der Waals surface area contributed by atoms with E-state index in [2.05, 4.69) is 130 Å². The molecule has 1 radical (unpaired) electrons. The van der Waals surface area contributed by atoms with Gasteiger partial charge in [0.15, 0.2) is 0 Å². The summed E-state index contributed by atoms with van der Waals surface area (Å²) in [5, 5.41) is 4.90. The number of benzene rings is 4. The Labute approximate surface area is 324 Å². The van der Waals surface area contributed by atoms with Crippen molar-refractivity contribution in [3.63, 3.8) is 0 Å². The molecule has 0 aliphatic heterocycles. The Bertz CT molecular complexity index is 2340. The van der Waals surface area contributed by atoms with Gasteiger partial charge in [0.2, 0.25) is 0 Å². The van der Waals surface area contributed by atoms with Crippen LogP contribution in [0.1, 0.15) is 96.3 Å². The molecule has 259 valence electrons. The molecule has 5 heteroatoms. The van der Waals surface area contributed by atoms with Crippen molar-refractivity contribution in [2.24, 2.45) is 5.41 Å². The second-order valence-corrected chi connectivity index (χ2v) is 15.3. The Balaban J connectivity index is 0.000000244. The summed E-state index contributed by atoms with van der Waals surface area (Å²) in [6.45, 7) is 11.7. The van der Waals surface area contributed by atoms with Crippen LogP contribution in [0.3, 0.4) is 0 Å². The average Bonchev–Trinajstić information content (AvgIpc) is 3.71. The monoisotopic (exact) mass is 860 g/mol. The Morgan fingerprint density at radius 3 is 2.18 bits per heavy atom. The Morgan fingerprint density at radius 2 is 1.56 bits per heavy atom. The van der Waals surface area contributed by atoms with E-state index in [0.717, 1.165) is 28.8 Å². The zero-order chi connectivity index (χ0) is 39.9. The van der Waals surface area contributed by atoms with Crippen LogP contribution in [0.5, 0.6) is 0 Å². The Morgan fingerprint density at radius 1 is 0.840 bits per heavy atom. The first-order valence-electron chi connectivity index (χ1n) is 19.8. The fraction of sp³-hybridized carbons (Fsp3) is 0.289. The molecule has 0 saturated carbocycles. The van der Waals surface area contributed by atoms with Gasteiger partial charge in [-0.05, 0) is 65.0 Å². The van der Waals surface area contributed by atoms with Crippen molar-refractivity contribution in [2.75, 3.05) is 0 Å². The van der Waals surface area contributed by atoms with E-state index in [4.69, 9.17) is 13.2 Å². The number of pyridine rings is 1. The normalized spacial score (nSPS) is 13.9. The molecule has 0 aliphatic carbocycles. The van der Waals surface area contributed by atoms with E-state index >= 15 is 0 Å². The van der Waals surface area contributed by atoms with E-state index < -0.39 is 13.7 Å². The molecular weight excluding hydrogens is 807 g/mol. The van der Waals surface area contributed by atoms with Gasteiger partial charge in [-0.2, -0.15) is 0 Å². The van der Waals surface area contributed by atoms with Crippen LogP contribution in [-0.2, 0) is 26.5 Å². The zero-order valence-electron chi connectivity index (χ0n) is 35.7. The van der Waals surface area contributed by atoms with Crippen LogP contribution in [0.15, 0.2) is 97.2 Å². The third kappa shape index (κ3) is 8.18. The van der Waals surface area contributed by atoms with Crippen LogP contribution < -0.4 is 0 Å². The number of thiophene rings is 1. The fourth-order valence-electron chi connectivity index (χ4n) is 6.24. The molecule has 7 aromatic rings. The van der Waals surface area contributed by atoms with Gasteiger partial charge in [-0.1, -0.05) is 131 Å². The van der Waals surface area contributed by atoms with Gasteiger partial charge in [0.25, 0.3) is 0 Å². The van der Waals surface area contributed by atoms with Crippen molar-refractivity contribution in [2.45, 2.75) is 80.4 Å². The maximum atomic E-state index is 7.28. The van der Waals surface area contributed by atoms with Gasteiger partial charge in [0.1, 0.15) is 0 Å². The van der Waals surface area contributed by atoms with E-state index in [9.17, 15) is 0 Å². The van der Waals surface area contributed by atoms with Gasteiger partial charge in [-0.15, -0.1) is 46.8 Å². The van der Waals surface area contributed by atoms with Crippen molar-refractivity contribution in [3.8, 4) is 28.3 Å². The fourth-order valence-corrected chi connectivity index (χ4v) is 7.06. The number of hydrogen-bond acceptors (Lipinski definition) is 3. The number of hydrogen-bond donors (Lipinski definition) is 0. The molecule has 0 aliphatic rings. The topological polar surface area (TPSA) is 30.7 Å².